The summed E-state index contributed by atoms with van der Waals surface area (Å²) in [6, 6.07) is 7.69. The average molecular weight is 324 g/mol. The number of nitrogens with zero attached hydrogens (tertiary/aromatic N) is 1. The number of rotatable bonds is 3. The van der Waals surface area contributed by atoms with Crippen LogP contribution < -0.4 is 10.3 Å². The van der Waals surface area contributed by atoms with Crippen molar-refractivity contribution in [2.24, 2.45) is 0 Å². The highest BCUT2D eigenvalue weighted by Crippen LogP contribution is 2.23. The largest absolute Gasteiger partial charge is 0.444 e. The van der Waals surface area contributed by atoms with Gasteiger partial charge in [0.15, 0.2) is 5.75 Å². The van der Waals surface area contributed by atoms with Gasteiger partial charge >= 0.3 is 6.09 Å². The molecule has 126 valence electrons. The number of hydroxylamine groups is 1. The number of carbonyl (C=O) groups is 2. The first-order chi connectivity index (χ1) is 10.8. The number of alkyl halides is 1. The number of halogens is 1. The molecule has 2 rings (SSSR count). The van der Waals surface area contributed by atoms with Gasteiger partial charge in [-0.15, -0.1) is 0 Å². The molecule has 1 fully saturated rings. The second kappa shape index (κ2) is 6.85. The minimum atomic E-state index is -1.27. The van der Waals surface area contributed by atoms with E-state index in [1.54, 1.807) is 45.0 Å². The molecule has 2 atom stereocenters. The van der Waals surface area contributed by atoms with Crippen LogP contribution in [0.2, 0.25) is 0 Å². The molecule has 6 nitrogen and oxygen atoms in total. The van der Waals surface area contributed by atoms with Crippen molar-refractivity contribution in [1.82, 2.24) is 10.4 Å². The Balaban J connectivity index is 1.98. The van der Waals surface area contributed by atoms with Crippen LogP contribution in [0.15, 0.2) is 30.3 Å². The van der Waals surface area contributed by atoms with Gasteiger partial charge in [-0.2, -0.15) is 5.48 Å². The Morgan fingerprint density at radius 1 is 1.26 bits per heavy atom. The van der Waals surface area contributed by atoms with E-state index in [2.05, 4.69) is 5.48 Å². The zero-order valence-corrected chi connectivity index (χ0v) is 13.4. The molecule has 0 radical (unpaired) electrons. The number of hydrogen-bond acceptors (Lipinski definition) is 4. The van der Waals surface area contributed by atoms with Gasteiger partial charge in [-0.1, -0.05) is 18.2 Å². The molecule has 1 N–H and O–H groups in total. The Morgan fingerprint density at radius 3 is 2.52 bits per heavy atom. The zero-order valence-electron chi connectivity index (χ0n) is 13.4. The van der Waals surface area contributed by atoms with Crippen LogP contribution in [0.3, 0.4) is 0 Å². The van der Waals surface area contributed by atoms with Gasteiger partial charge in [-0.25, -0.2) is 9.18 Å². The normalized spacial score (nSPS) is 21.0. The second-order valence-electron chi connectivity index (χ2n) is 6.36. The highest BCUT2D eigenvalue weighted by atomic mass is 19.1. The van der Waals surface area contributed by atoms with Crippen LogP contribution in [0.4, 0.5) is 9.18 Å². The topological polar surface area (TPSA) is 67.9 Å². The Kier molecular flexibility index (Phi) is 5.08. The quantitative estimate of drug-likeness (QED) is 0.867. The maximum Gasteiger partial charge on any atom is 0.411 e. The van der Waals surface area contributed by atoms with Crippen molar-refractivity contribution in [2.45, 2.75) is 45.0 Å². The number of likely N-dealkylation sites (tertiary alicyclic amines) is 1. The molecular formula is C16H21FN2O4. The van der Waals surface area contributed by atoms with Gasteiger partial charge in [0.25, 0.3) is 5.91 Å². The molecule has 2 amide bonds. The lowest BCUT2D eigenvalue weighted by Crippen LogP contribution is -2.48. The molecule has 1 aromatic rings. The smallest absolute Gasteiger partial charge is 0.411 e. The Bertz CT molecular complexity index is 559. The summed E-state index contributed by atoms with van der Waals surface area (Å²) in [5.74, 6) is -0.140. The summed E-state index contributed by atoms with van der Waals surface area (Å²) in [4.78, 5) is 30.5. The third kappa shape index (κ3) is 4.84. The monoisotopic (exact) mass is 324 g/mol. The van der Waals surface area contributed by atoms with Crippen molar-refractivity contribution >= 4 is 12.0 Å². The maximum atomic E-state index is 13.7. The van der Waals surface area contributed by atoms with Crippen LogP contribution in [0.1, 0.15) is 27.2 Å². The SMILES string of the molecule is CC(C)(C)OC(=O)N1C[C@@H](F)C[C@@H]1C(=O)NOc1ccccc1. The number of amides is 2. The third-order valence-corrected chi connectivity index (χ3v) is 3.19. The third-order valence-electron chi connectivity index (χ3n) is 3.19. The lowest BCUT2D eigenvalue weighted by molar-refractivity contribution is -0.132. The Labute approximate surface area is 134 Å². The summed E-state index contributed by atoms with van der Waals surface area (Å²) in [6.45, 7) is 4.96. The Hall–Kier alpha value is -2.31. The van der Waals surface area contributed by atoms with Crippen LogP contribution in [-0.2, 0) is 9.53 Å². The number of nitrogens with one attached hydrogen (secondary N) is 1. The van der Waals surface area contributed by atoms with Crippen molar-refractivity contribution < 1.29 is 23.6 Å². The van der Waals surface area contributed by atoms with Crippen molar-refractivity contribution in [2.75, 3.05) is 6.54 Å². The summed E-state index contributed by atoms with van der Waals surface area (Å²) in [7, 11) is 0. The molecule has 1 aliphatic heterocycles. The highest BCUT2D eigenvalue weighted by Gasteiger charge is 2.42. The van der Waals surface area contributed by atoms with Gasteiger partial charge in [0.1, 0.15) is 17.8 Å². The molecule has 0 spiro atoms. The van der Waals surface area contributed by atoms with E-state index in [0.29, 0.717) is 5.75 Å². The first-order valence-electron chi connectivity index (χ1n) is 7.42. The van der Waals surface area contributed by atoms with E-state index in [4.69, 9.17) is 9.57 Å². The average Bonchev–Trinajstić information content (AvgIpc) is 2.86. The van der Waals surface area contributed by atoms with E-state index < -0.39 is 29.8 Å². The molecule has 0 aromatic heterocycles. The summed E-state index contributed by atoms with van der Waals surface area (Å²) < 4.78 is 18.9. The fraction of sp³-hybridized carbons (Fsp3) is 0.500. The lowest BCUT2D eigenvalue weighted by Gasteiger charge is -2.27. The fourth-order valence-corrected chi connectivity index (χ4v) is 2.22. The van der Waals surface area contributed by atoms with Crippen LogP contribution in [0.5, 0.6) is 5.75 Å². The number of para-hydroxylation sites is 1. The van der Waals surface area contributed by atoms with Crippen molar-refractivity contribution in [1.29, 1.82) is 0 Å². The van der Waals surface area contributed by atoms with Crippen molar-refractivity contribution in [3.63, 3.8) is 0 Å². The van der Waals surface area contributed by atoms with Crippen molar-refractivity contribution in [3.8, 4) is 5.75 Å². The standard InChI is InChI=1S/C16H21FN2O4/c1-16(2,3)22-15(21)19-10-11(17)9-13(19)14(20)18-23-12-7-5-4-6-8-12/h4-8,11,13H,9-10H2,1-3H3,(H,18,20)/t11-,13+/m0/s1. The van der Waals surface area contributed by atoms with Gasteiger partial charge in [0.2, 0.25) is 0 Å². The first-order valence-corrected chi connectivity index (χ1v) is 7.42. The summed E-state index contributed by atoms with van der Waals surface area (Å²) >= 11 is 0. The number of benzene rings is 1. The van der Waals surface area contributed by atoms with E-state index >= 15 is 0 Å². The van der Waals surface area contributed by atoms with E-state index in [0.717, 1.165) is 4.90 Å². The molecule has 1 heterocycles. The van der Waals surface area contributed by atoms with Gasteiger partial charge in [-0.05, 0) is 32.9 Å². The van der Waals surface area contributed by atoms with Gasteiger partial charge in [-0.3, -0.25) is 9.69 Å². The van der Waals surface area contributed by atoms with E-state index in [9.17, 15) is 14.0 Å². The summed E-state index contributed by atoms with van der Waals surface area (Å²) in [5.41, 5.74) is 1.54. The number of ether oxygens (including phenoxy) is 1. The summed E-state index contributed by atoms with van der Waals surface area (Å²) in [6.07, 6.45) is -2.06. The first kappa shape index (κ1) is 17.1. The van der Waals surface area contributed by atoms with Gasteiger partial charge in [0.05, 0.1) is 6.54 Å². The molecule has 1 aromatic carbocycles. The van der Waals surface area contributed by atoms with E-state index in [1.165, 1.54) is 0 Å². The molecule has 0 unspecified atom stereocenters. The highest BCUT2D eigenvalue weighted by molar-refractivity contribution is 5.85. The fourth-order valence-electron chi connectivity index (χ4n) is 2.22. The van der Waals surface area contributed by atoms with Crippen LogP contribution >= 0.6 is 0 Å². The molecular weight excluding hydrogens is 303 g/mol. The van der Waals surface area contributed by atoms with Crippen LogP contribution in [-0.4, -0.2) is 41.3 Å². The predicted molar refractivity (Wildman–Crippen MR) is 81.5 cm³/mol. The molecule has 0 aliphatic carbocycles. The molecule has 0 bridgehead atoms. The second-order valence-corrected chi connectivity index (χ2v) is 6.36. The van der Waals surface area contributed by atoms with E-state index in [-0.39, 0.29) is 13.0 Å². The maximum absolute atomic E-state index is 13.7. The number of carbonyl (C=O) groups excluding carboxylic acids is 2. The van der Waals surface area contributed by atoms with Gasteiger partial charge < -0.3 is 9.57 Å². The van der Waals surface area contributed by atoms with Crippen LogP contribution in [0, 0.1) is 0 Å². The zero-order chi connectivity index (χ0) is 17.0. The van der Waals surface area contributed by atoms with Gasteiger partial charge in [0, 0.05) is 6.42 Å². The predicted octanol–water partition coefficient (Wildman–Crippen LogP) is 2.44. The Morgan fingerprint density at radius 2 is 1.91 bits per heavy atom. The van der Waals surface area contributed by atoms with Crippen molar-refractivity contribution in [3.05, 3.63) is 30.3 Å². The molecule has 1 aliphatic rings. The molecule has 1 saturated heterocycles. The van der Waals surface area contributed by atoms with E-state index in [1.807, 2.05) is 6.07 Å². The molecule has 23 heavy (non-hydrogen) atoms. The number of hydrogen-bond donors (Lipinski definition) is 1. The van der Waals surface area contributed by atoms with Crippen LogP contribution in [0.25, 0.3) is 0 Å². The molecule has 0 saturated carbocycles. The minimum Gasteiger partial charge on any atom is -0.444 e. The molecule has 7 heteroatoms. The summed E-state index contributed by atoms with van der Waals surface area (Å²) in [5, 5.41) is 0. The minimum absolute atomic E-state index is 0.0801. The lowest BCUT2D eigenvalue weighted by atomic mass is 10.2.